The zero-order chi connectivity index (χ0) is 9.38. The third-order valence-electron chi connectivity index (χ3n) is 2.43. The van der Waals surface area contributed by atoms with Gasteiger partial charge in [0.25, 0.3) is 0 Å². The summed E-state index contributed by atoms with van der Waals surface area (Å²) in [7, 11) is 0. The van der Waals surface area contributed by atoms with Gasteiger partial charge >= 0.3 is 88.0 Å². The number of benzene rings is 2. The Hall–Kier alpha value is -1.22. The maximum atomic E-state index is 4.65. The minimum atomic E-state index is -0.451. The van der Waals surface area contributed by atoms with Crippen molar-refractivity contribution in [2.75, 3.05) is 0 Å². The second kappa shape index (κ2) is 3.17. The van der Waals surface area contributed by atoms with E-state index in [1.54, 1.807) is 0 Å². The first-order valence-corrected chi connectivity index (χ1v) is 7.10. The summed E-state index contributed by atoms with van der Waals surface area (Å²) in [5, 5.41) is 1.19. The molecule has 0 fully saturated rings. The van der Waals surface area contributed by atoms with Gasteiger partial charge in [0.2, 0.25) is 0 Å². The van der Waals surface area contributed by atoms with E-state index < -0.39 is 15.0 Å². The molecule has 1 nitrogen and oxygen atoms in total. The summed E-state index contributed by atoms with van der Waals surface area (Å²) in [5.41, 5.74) is 1.19. The summed E-state index contributed by atoms with van der Waals surface area (Å²) < 4.78 is 2.96. The minimum absolute atomic E-state index is 0.451. The molecule has 0 aliphatic carbocycles. The van der Waals surface area contributed by atoms with Crippen LogP contribution in [0.3, 0.4) is 0 Å². The van der Waals surface area contributed by atoms with Crippen LogP contribution in [0, 0.1) is 4.00 Å². The molecule has 0 aromatic heterocycles. The third-order valence-corrected chi connectivity index (χ3v) is 5.78. The molecule has 0 unspecified atom stereocenters. The van der Waals surface area contributed by atoms with Crippen LogP contribution in [0.1, 0.15) is 0 Å². The van der Waals surface area contributed by atoms with E-state index in [1.807, 2.05) is 0 Å². The van der Waals surface area contributed by atoms with Gasteiger partial charge in [0.05, 0.1) is 0 Å². The van der Waals surface area contributed by atoms with Crippen molar-refractivity contribution in [1.82, 2.24) is 0 Å². The topological polar surface area (TPSA) is 12.4 Å². The predicted molar refractivity (Wildman–Crippen MR) is 59.3 cm³/mol. The molecule has 1 aliphatic heterocycles. The van der Waals surface area contributed by atoms with Crippen LogP contribution in [-0.2, 0) is 0 Å². The molecule has 0 saturated heterocycles. The van der Waals surface area contributed by atoms with Gasteiger partial charge in [-0.15, -0.1) is 0 Å². The molecule has 66 valence electrons. The molecule has 0 saturated carbocycles. The van der Waals surface area contributed by atoms with Crippen molar-refractivity contribution in [3.05, 3.63) is 57.9 Å². The van der Waals surface area contributed by atoms with E-state index in [2.05, 4.69) is 53.5 Å². The molecule has 2 heteroatoms. The Balaban J connectivity index is 2.42. The average molecular weight is 240 g/mol. The van der Waals surface area contributed by atoms with E-state index in [-0.39, 0.29) is 0 Å². The van der Waals surface area contributed by atoms with Crippen LogP contribution in [0.15, 0.2) is 53.5 Å². The molecule has 3 rings (SSSR count). The van der Waals surface area contributed by atoms with Crippen LogP contribution in [0.25, 0.3) is 0 Å². The molecule has 1 aliphatic rings. The molecule has 0 atom stereocenters. The number of nitrogens with zero attached hydrogens (tertiary/aromatic N) is 1. The molecule has 0 radical (unpaired) electrons. The molecular formula is C12H9GeN. The van der Waals surface area contributed by atoms with Gasteiger partial charge < -0.3 is 0 Å². The van der Waals surface area contributed by atoms with Crippen molar-refractivity contribution in [1.29, 1.82) is 0 Å². The maximum absolute atomic E-state index is 4.65. The Morgan fingerprint density at radius 2 is 1.64 bits per heavy atom. The fourth-order valence-electron chi connectivity index (χ4n) is 1.72. The number of para-hydroxylation sites is 2. The van der Waals surface area contributed by atoms with Crippen molar-refractivity contribution in [3.8, 4) is 0 Å². The van der Waals surface area contributed by atoms with Gasteiger partial charge in [-0.25, -0.2) is 0 Å². The Morgan fingerprint density at radius 1 is 0.857 bits per heavy atom. The van der Waals surface area contributed by atoms with E-state index in [0.717, 1.165) is 0 Å². The van der Waals surface area contributed by atoms with Crippen LogP contribution in [0.2, 0.25) is 0 Å². The molecule has 0 spiro atoms. The Kier molecular flexibility index (Phi) is 1.84. The molecule has 0 N–H and O–H groups in total. The monoisotopic (exact) mass is 241 g/mol. The van der Waals surface area contributed by atoms with Crippen molar-refractivity contribution < 1.29 is 0 Å². The summed E-state index contributed by atoms with van der Waals surface area (Å²) in [5.74, 6) is 0. The van der Waals surface area contributed by atoms with Crippen molar-refractivity contribution in [2.24, 2.45) is 4.99 Å². The second-order valence-corrected chi connectivity index (χ2v) is 6.59. The fraction of sp³-hybridized carbons (Fsp3) is 0. The molecule has 2 aromatic rings. The molecule has 0 amide bonds. The Bertz CT molecular complexity index is 548. The van der Waals surface area contributed by atoms with Gasteiger partial charge in [-0.3, -0.25) is 0 Å². The summed E-state index contributed by atoms with van der Waals surface area (Å²) in [4.78, 5) is 4.65. The van der Waals surface area contributed by atoms with Gasteiger partial charge in [0, 0.05) is 0 Å². The van der Waals surface area contributed by atoms with Gasteiger partial charge in [-0.1, -0.05) is 0 Å². The van der Waals surface area contributed by atoms with E-state index in [1.165, 1.54) is 19.4 Å². The van der Waals surface area contributed by atoms with Gasteiger partial charge in [-0.05, 0) is 0 Å². The zero-order valence-electron chi connectivity index (χ0n) is 7.64. The first kappa shape index (κ1) is 8.12. The van der Waals surface area contributed by atoms with Gasteiger partial charge in [0.1, 0.15) is 0 Å². The fourth-order valence-corrected chi connectivity index (χ4v) is 4.59. The summed E-state index contributed by atoms with van der Waals surface area (Å²) in [6.07, 6.45) is 0. The van der Waals surface area contributed by atoms with Crippen LogP contribution in [0.5, 0.6) is 0 Å². The predicted octanol–water partition coefficient (Wildman–Crippen LogP) is 0.964. The van der Waals surface area contributed by atoms with Gasteiger partial charge in [0.15, 0.2) is 0 Å². The molecule has 2 aromatic carbocycles. The van der Waals surface area contributed by atoms with Gasteiger partial charge in [-0.2, -0.15) is 0 Å². The van der Waals surface area contributed by atoms with Crippen LogP contribution < -0.4 is 9.75 Å². The standard InChI is InChI=1S/C12H9GeN/c1-3-7-11-9(5-1)13-10-6-2-4-8-12(10)14-11/h1-8,13H. The van der Waals surface area contributed by atoms with Crippen molar-refractivity contribution in [2.45, 2.75) is 0 Å². The molecule has 14 heavy (non-hydrogen) atoms. The van der Waals surface area contributed by atoms with E-state index in [4.69, 9.17) is 0 Å². The van der Waals surface area contributed by atoms with E-state index in [9.17, 15) is 0 Å². The quantitative estimate of drug-likeness (QED) is 0.519. The average Bonchev–Trinajstić information content (AvgIpc) is 2.26. The summed E-state index contributed by atoms with van der Waals surface area (Å²) in [6, 6.07) is 17.0. The van der Waals surface area contributed by atoms with E-state index in [0.29, 0.717) is 0 Å². The van der Waals surface area contributed by atoms with Crippen LogP contribution >= 0.6 is 0 Å². The van der Waals surface area contributed by atoms with Crippen LogP contribution in [0.4, 0.5) is 5.69 Å². The normalized spacial score (nSPS) is 12.0. The number of hydrogen-bond donors (Lipinski definition) is 0. The third kappa shape index (κ3) is 1.25. The SMILES string of the molecule is c1cc[c]2c(c1)N=c1cccc[c]1=[GeH]2. The van der Waals surface area contributed by atoms with Crippen molar-refractivity contribution >= 4 is 25.1 Å². The first-order chi connectivity index (χ1) is 6.93. The molecule has 1 heterocycles. The van der Waals surface area contributed by atoms with E-state index >= 15 is 0 Å². The second-order valence-electron chi connectivity index (χ2n) is 3.37. The number of hydrogen-bond acceptors (Lipinski definition) is 1. The summed E-state index contributed by atoms with van der Waals surface area (Å²) >= 11 is -0.451. The first-order valence-electron chi connectivity index (χ1n) is 4.68. The van der Waals surface area contributed by atoms with Crippen molar-refractivity contribution in [3.63, 3.8) is 0 Å². The summed E-state index contributed by atoms with van der Waals surface area (Å²) in [6.45, 7) is 0. The van der Waals surface area contributed by atoms with Crippen LogP contribution in [-0.4, -0.2) is 15.0 Å². The molecular weight excluding hydrogens is 231 g/mol. The molecule has 0 bridgehead atoms. The number of fused-ring (bicyclic) bond motifs is 2. The Labute approximate surface area is 88.1 Å². The Morgan fingerprint density at radius 3 is 2.64 bits per heavy atom. The zero-order valence-corrected chi connectivity index (χ0v) is 10.1. The number of rotatable bonds is 0.